The van der Waals surface area contributed by atoms with Gasteiger partial charge in [-0.2, -0.15) is 14.9 Å². The highest BCUT2D eigenvalue weighted by molar-refractivity contribution is 7.71. The Labute approximate surface area is 285 Å². The van der Waals surface area contributed by atoms with Crippen molar-refractivity contribution in [3.05, 3.63) is 86.5 Å². The first-order valence-electron chi connectivity index (χ1n) is 14.9. The van der Waals surface area contributed by atoms with Crippen LogP contribution in [-0.2, 0) is 42.9 Å². The van der Waals surface area contributed by atoms with Crippen LogP contribution in [0.15, 0.2) is 64.5 Å². The molecule has 3 aromatic rings. The van der Waals surface area contributed by atoms with E-state index in [2.05, 4.69) is 10.2 Å². The Kier molecular flexibility index (Phi) is 12.3. The number of aromatic nitrogens is 3. The summed E-state index contributed by atoms with van der Waals surface area (Å²) in [6.07, 6.45) is -2.80. The van der Waals surface area contributed by atoms with E-state index in [1.54, 1.807) is 30.3 Å². The summed E-state index contributed by atoms with van der Waals surface area (Å²) in [5.74, 6) is -2.50. The number of nitrogens with zero attached hydrogens (tertiary/aromatic N) is 4. The number of hydrogen-bond acceptors (Lipinski definition) is 14. The Bertz CT molecular complexity index is 1850. The second-order valence-electron chi connectivity index (χ2n) is 10.6. The summed E-state index contributed by atoms with van der Waals surface area (Å²) in [6.45, 7) is 4.00. The molecular formula is C33H34N4O11S. The molecule has 5 atom stereocenters. The van der Waals surface area contributed by atoms with E-state index in [0.717, 1.165) is 42.6 Å². The van der Waals surface area contributed by atoms with Gasteiger partial charge in [0.25, 0.3) is 0 Å². The maximum absolute atomic E-state index is 13.8. The smallest absolute Gasteiger partial charge is 0.303 e. The molecule has 258 valence electrons. The maximum atomic E-state index is 13.8. The van der Waals surface area contributed by atoms with Crippen LogP contribution in [0.25, 0.3) is 12.2 Å². The predicted molar refractivity (Wildman–Crippen MR) is 176 cm³/mol. The van der Waals surface area contributed by atoms with Crippen molar-refractivity contribution in [1.29, 1.82) is 0 Å². The topological polar surface area (TPSA) is 176 Å². The molecule has 49 heavy (non-hydrogen) atoms. The monoisotopic (exact) mass is 694 g/mol. The average molecular weight is 695 g/mol. The molecule has 0 radical (unpaired) electrons. The number of carbonyl (C=O) groups excluding carboxylic acids is 4. The first kappa shape index (κ1) is 36.4. The van der Waals surface area contributed by atoms with Crippen molar-refractivity contribution in [3.8, 4) is 5.75 Å². The summed E-state index contributed by atoms with van der Waals surface area (Å²) in [5, 5.41) is 8.81. The number of hydrogen-bond donors (Lipinski definition) is 0. The standard InChI is InChI=1S/C33H34N4O11S/c1-19(38)44-18-27-28(45-20(2)39)29(46-21(3)40)30(47-22(4)41)32(48-27)37-33(49)36(34-17-24-11-14-25(43-5)15-12-24)31(42)26(35-37)16-13-23-9-7-6-8-10-23/h6-17,27-30,32H,18H2,1-5H3/b16-13+,34-17+/t27-,28-,29+,30-,32-/m1/s1. The molecule has 15 nitrogen and oxygen atoms in total. The Morgan fingerprint density at radius 3 is 2.04 bits per heavy atom. The van der Waals surface area contributed by atoms with E-state index in [-0.39, 0.29) is 10.5 Å². The van der Waals surface area contributed by atoms with Crippen LogP contribution < -0.4 is 10.3 Å². The van der Waals surface area contributed by atoms with Gasteiger partial charge in [0.2, 0.25) is 4.77 Å². The number of methoxy groups -OCH3 is 1. The predicted octanol–water partition coefficient (Wildman–Crippen LogP) is 3.09. The van der Waals surface area contributed by atoms with Crippen LogP contribution in [-0.4, -0.2) is 82.7 Å². The lowest BCUT2D eigenvalue weighted by atomic mass is 9.97. The van der Waals surface area contributed by atoms with Crippen LogP contribution in [0, 0.1) is 4.77 Å². The molecule has 1 saturated heterocycles. The summed E-state index contributed by atoms with van der Waals surface area (Å²) >= 11 is 5.70. The molecule has 0 N–H and O–H groups in total. The van der Waals surface area contributed by atoms with Crippen LogP contribution in [0.5, 0.6) is 5.75 Å². The number of carbonyl (C=O) groups is 4. The Hall–Kier alpha value is -5.48. The molecule has 1 aliphatic rings. The van der Waals surface area contributed by atoms with Crippen molar-refractivity contribution in [2.45, 2.75) is 58.3 Å². The molecule has 0 spiro atoms. The van der Waals surface area contributed by atoms with Gasteiger partial charge in [-0.05, 0) is 53.7 Å². The van der Waals surface area contributed by atoms with Gasteiger partial charge in [0.05, 0.1) is 13.3 Å². The molecule has 0 saturated carbocycles. The van der Waals surface area contributed by atoms with Crippen LogP contribution in [0.1, 0.15) is 50.7 Å². The maximum Gasteiger partial charge on any atom is 0.303 e. The molecule has 0 aliphatic carbocycles. The first-order valence-corrected chi connectivity index (χ1v) is 15.3. The quantitative estimate of drug-likeness (QED) is 0.124. The zero-order valence-corrected chi connectivity index (χ0v) is 28.0. The lowest BCUT2D eigenvalue weighted by Crippen LogP contribution is -2.61. The zero-order valence-electron chi connectivity index (χ0n) is 27.2. The van der Waals surface area contributed by atoms with Crippen molar-refractivity contribution < 1.29 is 47.6 Å². The van der Waals surface area contributed by atoms with Crippen LogP contribution in [0.2, 0.25) is 0 Å². The van der Waals surface area contributed by atoms with Crippen molar-refractivity contribution in [1.82, 2.24) is 14.5 Å². The molecular weight excluding hydrogens is 660 g/mol. The highest BCUT2D eigenvalue weighted by Gasteiger charge is 2.53. The molecule has 0 bridgehead atoms. The fourth-order valence-electron chi connectivity index (χ4n) is 4.82. The summed E-state index contributed by atoms with van der Waals surface area (Å²) in [5.41, 5.74) is 0.485. The number of esters is 4. The minimum absolute atomic E-state index is 0.155. The number of benzene rings is 2. The highest BCUT2D eigenvalue weighted by Crippen LogP contribution is 2.34. The minimum Gasteiger partial charge on any atom is -0.497 e. The van der Waals surface area contributed by atoms with Crippen LogP contribution >= 0.6 is 12.2 Å². The van der Waals surface area contributed by atoms with Gasteiger partial charge >= 0.3 is 29.4 Å². The second-order valence-corrected chi connectivity index (χ2v) is 10.9. The third-order valence-electron chi connectivity index (χ3n) is 6.88. The highest BCUT2D eigenvalue weighted by atomic mass is 32.1. The van der Waals surface area contributed by atoms with Gasteiger partial charge in [0.15, 0.2) is 30.2 Å². The van der Waals surface area contributed by atoms with E-state index in [0.29, 0.717) is 11.3 Å². The number of rotatable bonds is 11. The molecule has 1 fully saturated rings. The number of ether oxygens (including phenoxy) is 6. The third-order valence-corrected chi connectivity index (χ3v) is 7.24. The Morgan fingerprint density at radius 1 is 0.837 bits per heavy atom. The Balaban J connectivity index is 1.94. The Morgan fingerprint density at radius 2 is 1.45 bits per heavy atom. The summed E-state index contributed by atoms with van der Waals surface area (Å²) < 4.78 is 34.9. The third kappa shape index (κ3) is 9.55. The van der Waals surface area contributed by atoms with Gasteiger partial charge in [-0.25, -0.2) is 4.68 Å². The molecule has 0 amide bonds. The van der Waals surface area contributed by atoms with E-state index in [9.17, 15) is 24.0 Å². The molecule has 1 aromatic heterocycles. The summed E-state index contributed by atoms with van der Waals surface area (Å²) in [7, 11) is 1.53. The van der Waals surface area contributed by atoms with Gasteiger partial charge < -0.3 is 28.4 Å². The first-order chi connectivity index (χ1) is 23.4. The molecule has 4 rings (SSSR count). The van der Waals surface area contributed by atoms with Gasteiger partial charge in [0, 0.05) is 27.7 Å². The van der Waals surface area contributed by atoms with E-state index < -0.39 is 66.7 Å². The van der Waals surface area contributed by atoms with E-state index >= 15 is 0 Å². The molecule has 1 aliphatic heterocycles. The minimum atomic E-state index is -1.54. The fraction of sp³-hybridized carbons (Fsp3) is 0.333. The van der Waals surface area contributed by atoms with Crippen molar-refractivity contribution in [3.63, 3.8) is 0 Å². The molecule has 2 aromatic carbocycles. The van der Waals surface area contributed by atoms with E-state index in [1.807, 2.05) is 30.3 Å². The molecule has 16 heteroatoms. The van der Waals surface area contributed by atoms with Crippen LogP contribution in [0.3, 0.4) is 0 Å². The van der Waals surface area contributed by atoms with E-state index in [4.69, 9.17) is 40.6 Å². The van der Waals surface area contributed by atoms with Crippen molar-refractivity contribution in [2.24, 2.45) is 5.10 Å². The average Bonchev–Trinajstić information content (AvgIpc) is 3.05. The summed E-state index contributed by atoms with van der Waals surface area (Å²) in [6, 6.07) is 15.9. The SMILES string of the molecule is COc1ccc(/C=N/n2c(=O)c(/C=C/c3ccccc3)nn([C@@H]3O[C@H](COC(C)=O)[C@@H](OC(C)=O)[C@H](OC(C)=O)[C@H]3OC(C)=O)c2=S)cc1. The van der Waals surface area contributed by atoms with E-state index in [1.165, 1.54) is 19.4 Å². The lowest BCUT2D eigenvalue weighted by molar-refractivity contribution is -0.271. The van der Waals surface area contributed by atoms with Gasteiger partial charge in [-0.15, -0.1) is 0 Å². The lowest BCUT2D eigenvalue weighted by Gasteiger charge is -2.44. The van der Waals surface area contributed by atoms with Gasteiger partial charge in [0.1, 0.15) is 18.5 Å². The van der Waals surface area contributed by atoms with Gasteiger partial charge in [-0.3, -0.25) is 24.0 Å². The zero-order chi connectivity index (χ0) is 35.7. The normalized spacial score (nSPS) is 20.5. The fourth-order valence-corrected chi connectivity index (χ4v) is 5.10. The summed E-state index contributed by atoms with van der Waals surface area (Å²) in [4.78, 5) is 62.5. The van der Waals surface area contributed by atoms with Crippen molar-refractivity contribution >= 4 is 54.5 Å². The largest absolute Gasteiger partial charge is 0.497 e. The van der Waals surface area contributed by atoms with Crippen LogP contribution in [0.4, 0.5) is 0 Å². The second kappa shape index (κ2) is 16.6. The van der Waals surface area contributed by atoms with Gasteiger partial charge in [-0.1, -0.05) is 36.4 Å². The molecule has 2 heterocycles. The molecule has 0 unspecified atom stereocenters. The van der Waals surface area contributed by atoms with Crippen molar-refractivity contribution in [2.75, 3.05) is 13.7 Å².